The third-order valence-electron chi connectivity index (χ3n) is 9.60. The second-order valence-corrected chi connectivity index (χ2v) is 13.5. The van der Waals surface area contributed by atoms with Crippen LogP contribution in [-0.4, -0.2) is 9.55 Å². The highest BCUT2D eigenvalue weighted by Crippen LogP contribution is 2.43. The predicted molar refractivity (Wildman–Crippen MR) is 209 cm³/mol. The van der Waals surface area contributed by atoms with Crippen LogP contribution < -0.4 is 4.90 Å². The maximum atomic E-state index is 5.13. The van der Waals surface area contributed by atoms with E-state index in [1.54, 1.807) is 0 Å². The molecular formula is C45H29N3S. The van der Waals surface area contributed by atoms with Crippen molar-refractivity contribution in [2.24, 2.45) is 0 Å². The first kappa shape index (κ1) is 27.8. The summed E-state index contributed by atoms with van der Waals surface area (Å²) in [5, 5.41) is 6.18. The topological polar surface area (TPSA) is 21.1 Å². The number of hydrogen-bond acceptors (Lipinski definition) is 3. The minimum atomic E-state index is 1.03. The van der Waals surface area contributed by atoms with Gasteiger partial charge in [-0.1, -0.05) is 115 Å². The van der Waals surface area contributed by atoms with Crippen LogP contribution in [0.4, 0.5) is 17.1 Å². The summed E-state index contributed by atoms with van der Waals surface area (Å²) in [5.41, 5.74) is 10.2. The van der Waals surface area contributed by atoms with Crippen molar-refractivity contribution < 1.29 is 0 Å². The van der Waals surface area contributed by atoms with Gasteiger partial charge in [0.25, 0.3) is 0 Å². The van der Waals surface area contributed by atoms with Crippen LogP contribution in [0.2, 0.25) is 0 Å². The lowest BCUT2D eigenvalue weighted by atomic mass is 10.0. The number of pyridine rings is 1. The molecule has 0 aliphatic rings. The van der Waals surface area contributed by atoms with Crippen molar-refractivity contribution in [2.75, 3.05) is 4.90 Å². The molecule has 3 heterocycles. The van der Waals surface area contributed by atoms with E-state index in [2.05, 4.69) is 179 Å². The summed E-state index contributed by atoms with van der Waals surface area (Å²) < 4.78 is 4.82. The van der Waals surface area contributed by atoms with Gasteiger partial charge in [-0.15, -0.1) is 11.3 Å². The van der Waals surface area contributed by atoms with Gasteiger partial charge in [-0.2, -0.15) is 0 Å². The third-order valence-corrected chi connectivity index (χ3v) is 10.8. The van der Waals surface area contributed by atoms with Crippen LogP contribution in [0.25, 0.3) is 69.7 Å². The predicted octanol–water partition coefficient (Wildman–Crippen LogP) is 12.8. The molecule has 4 heteroatoms. The second-order valence-electron chi connectivity index (χ2n) is 12.4. The number of fused-ring (bicyclic) bond motifs is 8. The van der Waals surface area contributed by atoms with Gasteiger partial charge in [-0.05, 0) is 76.5 Å². The highest BCUT2D eigenvalue weighted by Gasteiger charge is 2.19. The molecule has 0 fully saturated rings. The first-order valence-electron chi connectivity index (χ1n) is 16.5. The average molecular weight is 644 g/mol. The van der Waals surface area contributed by atoms with Gasteiger partial charge >= 0.3 is 0 Å². The molecule has 0 aliphatic heterocycles. The fourth-order valence-corrected chi connectivity index (χ4v) is 8.55. The van der Waals surface area contributed by atoms with Gasteiger partial charge in [0, 0.05) is 37.9 Å². The zero-order valence-corrected chi connectivity index (χ0v) is 27.3. The van der Waals surface area contributed by atoms with E-state index in [0.29, 0.717) is 0 Å². The van der Waals surface area contributed by atoms with E-state index in [1.807, 2.05) is 17.5 Å². The van der Waals surface area contributed by atoms with Crippen molar-refractivity contribution in [1.82, 2.24) is 9.55 Å². The Balaban J connectivity index is 1.18. The molecule has 10 rings (SSSR count). The minimum Gasteiger partial charge on any atom is -0.309 e. The fraction of sp³-hybridized carbons (Fsp3) is 0. The first-order chi connectivity index (χ1) is 24.3. The molecule has 0 saturated heterocycles. The Labute approximate surface area is 287 Å². The van der Waals surface area contributed by atoms with E-state index in [-0.39, 0.29) is 0 Å². The third kappa shape index (κ3) is 4.53. The Morgan fingerprint density at radius 3 is 1.98 bits per heavy atom. The molecule has 0 amide bonds. The number of para-hydroxylation sites is 2. The Kier molecular flexibility index (Phi) is 6.36. The smallest absolute Gasteiger partial charge is 0.0890 e. The summed E-state index contributed by atoms with van der Waals surface area (Å²) in [6.07, 6.45) is 2.03. The molecule has 0 aliphatic carbocycles. The van der Waals surface area contributed by atoms with E-state index in [0.717, 1.165) is 28.3 Å². The van der Waals surface area contributed by atoms with Gasteiger partial charge in [0.05, 0.1) is 33.1 Å². The average Bonchev–Trinajstić information content (AvgIpc) is 3.71. The number of aromatic nitrogens is 2. The van der Waals surface area contributed by atoms with Crippen molar-refractivity contribution in [2.45, 2.75) is 0 Å². The molecule has 0 atom stereocenters. The number of anilines is 3. The number of benzene rings is 7. The van der Waals surface area contributed by atoms with E-state index >= 15 is 0 Å². The summed E-state index contributed by atoms with van der Waals surface area (Å²) in [4.78, 5) is 7.48. The van der Waals surface area contributed by atoms with Gasteiger partial charge < -0.3 is 9.47 Å². The number of nitrogens with zero attached hydrogens (tertiary/aromatic N) is 3. The van der Waals surface area contributed by atoms with E-state index in [4.69, 9.17) is 4.98 Å². The standard InChI is InChI=1S/C45H29N3S/c1-3-11-30(12-4-1)31-19-22-34(23-20-31)47(36-28-43-44(46-29-36)39-25-21-32-13-7-8-16-37(32)45(39)49-43)35-24-26-42-40(27-35)38-17-9-10-18-41(38)48(42)33-14-5-2-6-15-33/h1-29H. The zero-order valence-electron chi connectivity index (χ0n) is 26.5. The van der Waals surface area contributed by atoms with Gasteiger partial charge in [0.2, 0.25) is 0 Å². The molecule has 0 radical (unpaired) electrons. The molecule has 3 nitrogen and oxygen atoms in total. The molecule has 0 N–H and O–H groups in total. The lowest BCUT2D eigenvalue weighted by Gasteiger charge is -2.25. The molecule has 0 saturated carbocycles. The Morgan fingerprint density at radius 2 is 1.14 bits per heavy atom. The lowest BCUT2D eigenvalue weighted by Crippen LogP contribution is -2.10. The SMILES string of the molecule is c1ccc(-c2ccc(N(c3cnc4c(c3)sc3c5ccccc5ccc43)c3ccc4c(c3)c3ccccc3n4-c3ccccc3)cc2)cc1. The van der Waals surface area contributed by atoms with E-state index in [1.165, 1.54) is 58.5 Å². The van der Waals surface area contributed by atoms with Crippen LogP contribution >= 0.6 is 11.3 Å². The highest BCUT2D eigenvalue weighted by molar-refractivity contribution is 7.26. The first-order valence-corrected chi connectivity index (χ1v) is 17.4. The summed E-state index contributed by atoms with van der Waals surface area (Å²) >= 11 is 1.83. The van der Waals surface area contributed by atoms with Crippen LogP contribution in [0.5, 0.6) is 0 Å². The van der Waals surface area contributed by atoms with Crippen LogP contribution in [-0.2, 0) is 0 Å². The zero-order chi connectivity index (χ0) is 32.3. The molecule has 0 bridgehead atoms. The lowest BCUT2D eigenvalue weighted by molar-refractivity contribution is 1.18. The maximum Gasteiger partial charge on any atom is 0.0890 e. The Bertz CT molecular complexity index is 2820. The van der Waals surface area contributed by atoms with Crippen LogP contribution in [0.3, 0.4) is 0 Å². The van der Waals surface area contributed by atoms with Crippen LogP contribution in [0.15, 0.2) is 176 Å². The van der Waals surface area contributed by atoms with E-state index in [9.17, 15) is 0 Å². The quantitative estimate of drug-likeness (QED) is 0.186. The van der Waals surface area contributed by atoms with Crippen molar-refractivity contribution in [1.29, 1.82) is 0 Å². The van der Waals surface area contributed by atoms with Crippen molar-refractivity contribution in [3.63, 3.8) is 0 Å². The monoisotopic (exact) mass is 643 g/mol. The molecule has 49 heavy (non-hydrogen) atoms. The number of rotatable bonds is 5. The highest BCUT2D eigenvalue weighted by atomic mass is 32.1. The van der Waals surface area contributed by atoms with Crippen LogP contribution in [0.1, 0.15) is 0 Å². The summed E-state index contributed by atoms with van der Waals surface area (Å²) in [5.74, 6) is 0. The summed E-state index contributed by atoms with van der Waals surface area (Å²) in [6.45, 7) is 0. The number of hydrogen-bond donors (Lipinski definition) is 0. The van der Waals surface area contributed by atoms with Gasteiger partial charge in [-0.3, -0.25) is 4.98 Å². The van der Waals surface area contributed by atoms with Crippen molar-refractivity contribution in [3.8, 4) is 16.8 Å². The molecular weight excluding hydrogens is 615 g/mol. The van der Waals surface area contributed by atoms with Gasteiger partial charge in [0.1, 0.15) is 0 Å². The van der Waals surface area contributed by atoms with Gasteiger partial charge in [-0.25, -0.2) is 0 Å². The van der Waals surface area contributed by atoms with Crippen LogP contribution in [0, 0.1) is 0 Å². The minimum absolute atomic E-state index is 1.03. The largest absolute Gasteiger partial charge is 0.309 e. The summed E-state index contributed by atoms with van der Waals surface area (Å²) in [7, 11) is 0. The Hall–Kier alpha value is -6.23. The maximum absolute atomic E-state index is 5.13. The van der Waals surface area contributed by atoms with E-state index < -0.39 is 0 Å². The molecule has 0 unspecified atom stereocenters. The number of thiophene rings is 1. The molecule has 230 valence electrons. The Morgan fingerprint density at radius 1 is 0.469 bits per heavy atom. The summed E-state index contributed by atoms with van der Waals surface area (Å²) in [6, 6.07) is 61.0. The molecule has 7 aromatic carbocycles. The fourth-order valence-electron chi connectivity index (χ4n) is 7.32. The second kappa shape index (κ2) is 11.2. The van der Waals surface area contributed by atoms with Crippen molar-refractivity contribution in [3.05, 3.63) is 176 Å². The molecule has 10 aromatic rings. The van der Waals surface area contributed by atoms with Crippen molar-refractivity contribution >= 4 is 81.3 Å². The molecule has 3 aromatic heterocycles. The van der Waals surface area contributed by atoms with Gasteiger partial charge in [0.15, 0.2) is 0 Å². The normalized spacial score (nSPS) is 11.7. The molecule has 0 spiro atoms.